The number of anilines is 3. The summed E-state index contributed by atoms with van der Waals surface area (Å²) >= 11 is 6.08. The minimum Gasteiger partial charge on any atom is -0.338 e. The highest BCUT2D eigenvalue weighted by atomic mass is 35.5. The summed E-state index contributed by atoms with van der Waals surface area (Å²) < 4.78 is 0. The van der Waals surface area contributed by atoms with Crippen LogP contribution in [-0.4, -0.2) is 20.9 Å². The fourth-order valence-corrected chi connectivity index (χ4v) is 2.82. The number of rotatable bonds is 4. The largest absolute Gasteiger partial charge is 0.338 e. The molecule has 0 saturated heterocycles. The number of aromatic nitrogens is 3. The Balaban J connectivity index is 1.59. The van der Waals surface area contributed by atoms with Crippen LogP contribution < -0.4 is 10.6 Å². The molecule has 0 aliphatic heterocycles. The molecule has 132 valence electrons. The lowest BCUT2D eigenvalue weighted by atomic mass is 10.2. The van der Waals surface area contributed by atoms with Crippen molar-refractivity contribution in [1.29, 1.82) is 0 Å². The Morgan fingerprint density at radius 1 is 0.889 bits per heavy atom. The number of fused-ring (bicyclic) bond motifs is 1. The van der Waals surface area contributed by atoms with E-state index in [0.29, 0.717) is 16.5 Å². The third-order valence-electron chi connectivity index (χ3n) is 3.92. The van der Waals surface area contributed by atoms with Crippen molar-refractivity contribution >= 4 is 45.6 Å². The van der Waals surface area contributed by atoms with Crippen LogP contribution in [0, 0.1) is 0 Å². The van der Waals surface area contributed by atoms with E-state index in [1.807, 2.05) is 30.3 Å². The molecule has 0 radical (unpaired) electrons. The Kier molecular flexibility index (Phi) is 4.63. The van der Waals surface area contributed by atoms with Crippen LogP contribution in [0.1, 0.15) is 10.5 Å². The number of carbonyl (C=O) groups excluding carboxylic acids is 1. The first-order valence-electron chi connectivity index (χ1n) is 8.19. The van der Waals surface area contributed by atoms with Crippen LogP contribution in [0.4, 0.5) is 17.2 Å². The van der Waals surface area contributed by atoms with Gasteiger partial charge in [0.15, 0.2) is 0 Å². The number of halogens is 1. The van der Waals surface area contributed by atoms with Crippen LogP contribution in [0.25, 0.3) is 10.9 Å². The van der Waals surface area contributed by atoms with E-state index >= 15 is 0 Å². The van der Waals surface area contributed by atoms with Gasteiger partial charge in [0.2, 0.25) is 0 Å². The summed E-state index contributed by atoms with van der Waals surface area (Å²) in [7, 11) is 0. The maximum absolute atomic E-state index is 12.5. The maximum Gasteiger partial charge on any atom is 0.274 e. The molecule has 0 saturated carbocycles. The Bertz CT molecular complexity index is 1130. The highest BCUT2D eigenvalue weighted by Crippen LogP contribution is 2.24. The van der Waals surface area contributed by atoms with E-state index in [2.05, 4.69) is 25.6 Å². The van der Waals surface area contributed by atoms with Gasteiger partial charge in [0.25, 0.3) is 5.91 Å². The summed E-state index contributed by atoms with van der Waals surface area (Å²) in [6, 6.07) is 18.3. The first-order chi connectivity index (χ1) is 13.2. The first kappa shape index (κ1) is 16.9. The minimum absolute atomic E-state index is 0.223. The van der Waals surface area contributed by atoms with Crippen LogP contribution >= 0.6 is 11.6 Å². The molecule has 0 atom stereocenters. The summed E-state index contributed by atoms with van der Waals surface area (Å²) in [4.78, 5) is 25.1. The topological polar surface area (TPSA) is 79.8 Å². The van der Waals surface area contributed by atoms with Crippen molar-refractivity contribution < 1.29 is 4.79 Å². The summed E-state index contributed by atoms with van der Waals surface area (Å²) in [6.07, 6.45) is 3.07. The molecule has 4 aromatic rings. The molecule has 27 heavy (non-hydrogen) atoms. The predicted octanol–water partition coefficient (Wildman–Crippen LogP) is 4.67. The Morgan fingerprint density at radius 2 is 1.70 bits per heavy atom. The van der Waals surface area contributed by atoms with Crippen molar-refractivity contribution in [2.75, 3.05) is 10.6 Å². The van der Waals surface area contributed by atoms with Gasteiger partial charge < -0.3 is 10.6 Å². The standard InChI is InChI=1S/C20H14ClN5O/c21-14-7-1-2-8-15(14)26-20(27)17-11-18(24-12-23-17)25-16-9-3-5-13-6-4-10-22-19(13)16/h1-12H,(H,26,27)(H,23,24,25). The average Bonchev–Trinajstić information content (AvgIpc) is 2.70. The Labute approximate surface area is 160 Å². The summed E-state index contributed by atoms with van der Waals surface area (Å²) in [5.74, 6) is 0.122. The second-order valence-corrected chi connectivity index (χ2v) is 6.14. The van der Waals surface area contributed by atoms with Gasteiger partial charge in [-0.15, -0.1) is 0 Å². The van der Waals surface area contributed by atoms with Crippen molar-refractivity contribution in [3.8, 4) is 0 Å². The molecule has 0 spiro atoms. The molecule has 1 amide bonds. The molecule has 2 N–H and O–H groups in total. The first-order valence-corrected chi connectivity index (χ1v) is 8.57. The SMILES string of the molecule is O=C(Nc1ccccc1Cl)c1cc(Nc2cccc3cccnc23)ncn1. The number of hydrogen-bond donors (Lipinski definition) is 2. The summed E-state index contributed by atoms with van der Waals surface area (Å²) in [6.45, 7) is 0. The van der Waals surface area contributed by atoms with Gasteiger partial charge in [0.1, 0.15) is 17.8 Å². The zero-order valence-electron chi connectivity index (χ0n) is 14.1. The smallest absolute Gasteiger partial charge is 0.274 e. The third-order valence-corrected chi connectivity index (χ3v) is 4.25. The number of nitrogens with one attached hydrogen (secondary N) is 2. The average molecular weight is 376 g/mol. The van der Waals surface area contributed by atoms with Crippen molar-refractivity contribution in [2.24, 2.45) is 0 Å². The van der Waals surface area contributed by atoms with E-state index in [4.69, 9.17) is 11.6 Å². The molecule has 6 nitrogen and oxygen atoms in total. The molecule has 2 heterocycles. The number of benzene rings is 2. The molecular weight excluding hydrogens is 362 g/mol. The van der Waals surface area contributed by atoms with E-state index in [1.165, 1.54) is 6.33 Å². The van der Waals surface area contributed by atoms with Gasteiger partial charge >= 0.3 is 0 Å². The second-order valence-electron chi connectivity index (χ2n) is 5.73. The molecule has 2 aromatic heterocycles. The number of carbonyl (C=O) groups is 1. The molecular formula is C20H14ClN5O. The molecule has 2 aromatic carbocycles. The molecule has 0 aliphatic carbocycles. The molecule has 0 unspecified atom stereocenters. The fourth-order valence-electron chi connectivity index (χ4n) is 2.64. The normalized spacial score (nSPS) is 10.6. The quantitative estimate of drug-likeness (QED) is 0.541. The van der Waals surface area contributed by atoms with E-state index in [9.17, 15) is 4.79 Å². The van der Waals surface area contributed by atoms with Crippen LogP contribution in [0.3, 0.4) is 0 Å². The van der Waals surface area contributed by atoms with Gasteiger partial charge in [-0.1, -0.05) is 41.9 Å². The van der Waals surface area contributed by atoms with Crippen LogP contribution in [0.15, 0.2) is 73.2 Å². The number of pyridine rings is 1. The highest BCUT2D eigenvalue weighted by Gasteiger charge is 2.11. The molecule has 0 aliphatic rings. The minimum atomic E-state index is -0.371. The third kappa shape index (κ3) is 3.70. The predicted molar refractivity (Wildman–Crippen MR) is 106 cm³/mol. The number of hydrogen-bond acceptors (Lipinski definition) is 5. The number of amides is 1. The molecule has 0 bridgehead atoms. The zero-order chi connectivity index (χ0) is 18.6. The van der Waals surface area contributed by atoms with Crippen molar-refractivity contribution in [3.63, 3.8) is 0 Å². The van der Waals surface area contributed by atoms with Crippen LogP contribution in [0.5, 0.6) is 0 Å². The summed E-state index contributed by atoms with van der Waals surface area (Å²) in [5, 5.41) is 7.41. The van der Waals surface area contributed by atoms with Crippen LogP contribution in [0.2, 0.25) is 5.02 Å². The van der Waals surface area contributed by atoms with Gasteiger partial charge in [-0.05, 0) is 24.3 Å². The lowest BCUT2D eigenvalue weighted by Crippen LogP contribution is -2.14. The van der Waals surface area contributed by atoms with Gasteiger partial charge in [0, 0.05) is 17.6 Å². The van der Waals surface area contributed by atoms with E-state index in [1.54, 1.807) is 36.5 Å². The van der Waals surface area contributed by atoms with Gasteiger partial charge in [0.05, 0.1) is 21.9 Å². The molecule has 0 fully saturated rings. The Hall–Kier alpha value is -3.51. The summed E-state index contributed by atoms with van der Waals surface area (Å²) in [5.41, 5.74) is 2.36. The molecule has 7 heteroatoms. The van der Waals surface area contributed by atoms with E-state index in [-0.39, 0.29) is 11.6 Å². The van der Waals surface area contributed by atoms with Crippen molar-refractivity contribution in [3.05, 3.63) is 83.9 Å². The zero-order valence-corrected chi connectivity index (χ0v) is 14.8. The van der Waals surface area contributed by atoms with Gasteiger partial charge in [-0.3, -0.25) is 9.78 Å². The Morgan fingerprint density at radius 3 is 2.59 bits per heavy atom. The van der Waals surface area contributed by atoms with E-state index < -0.39 is 0 Å². The van der Waals surface area contributed by atoms with Crippen molar-refractivity contribution in [2.45, 2.75) is 0 Å². The lowest BCUT2D eigenvalue weighted by Gasteiger charge is -2.10. The fraction of sp³-hybridized carbons (Fsp3) is 0. The monoisotopic (exact) mass is 375 g/mol. The second kappa shape index (κ2) is 7.39. The van der Waals surface area contributed by atoms with E-state index in [0.717, 1.165) is 16.6 Å². The van der Waals surface area contributed by atoms with Gasteiger partial charge in [-0.2, -0.15) is 0 Å². The highest BCUT2D eigenvalue weighted by molar-refractivity contribution is 6.33. The van der Waals surface area contributed by atoms with Gasteiger partial charge in [-0.25, -0.2) is 9.97 Å². The number of para-hydroxylation sites is 2. The maximum atomic E-state index is 12.5. The number of nitrogens with zero attached hydrogens (tertiary/aromatic N) is 3. The molecule has 4 rings (SSSR count). The van der Waals surface area contributed by atoms with Crippen LogP contribution in [-0.2, 0) is 0 Å². The lowest BCUT2D eigenvalue weighted by molar-refractivity contribution is 0.102. The van der Waals surface area contributed by atoms with Crippen molar-refractivity contribution in [1.82, 2.24) is 15.0 Å².